The van der Waals surface area contributed by atoms with Crippen LogP contribution in [0.25, 0.3) is 6.08 Å². The SMILES string of the molecule is CCOc1ccccc1/C=C/C(=O)N[C@@H]1CCS(=O)(=O)C1. The van der Waals surface area contributed by atoms with Crippen molar-refractivity contribution < 1.29 is 17.9 Å². The standard InChI is InChI=1S/C15H19NO4S/c1-2-20-14-6-4-3-5-12(14)7-8-15(17)16-13-9-10-21(18,19)11-13/h3-8,13H,2,9-11H2,1H3,(H,16,17)/b8-7+/t13-/m1/s1. The Labute approximate surface area is 124 Å². The van der Waals surface area contributed by atoms with Crippen molar-refractivity contribution in [1.82, 2.24) is 5.32 Å². The van der Waals surface area contributed by atoms with Crippen LogP contribution in [0, 0.1) is 0 Å². The molecule has 0 saturated carbocycles. The number of ether oxygens (including phenoxy) is 1. The lowest BCUT2D eigenvalue weighted by Gasteiger charge is -2.09. The van der Waals surface area contributed by atoms with Crippen molar-refractivity contribution in [2.75, 3.05) is 18.1 Å². The third-order valence-electron chi connectivity index (χ3n) is 3.21. The Morgan fingerprint density at radius 3 is 2.86 bits per heavy atom. The number of rotatable bonds is 5. The minimum atomic E-state index is -2.98. The highest BCUT2D eigenvalue weighted by molar-refractivity contribution is 7.91. The average molecular weight is 309 g/mol. The molecule has 0 aromatic heterocycles. The molecule has 1 atom stereocenters. The van der Waals surface area contributed by atoms with E-state index in [0.29, 0.717) is 18.8 Å². The van der Waals surface area contributed by atoms with E-state index in [-0.39, 0.29) is 23.5 Å². The fourth-order valence-electron chi connectivity index (χ4n) is 2.23. The molecule has 6 heteroatoms. The number of benzene rings is 1. The van der Waals surface area contributed by atoms with Crippen molar-refractivity contribution >= 4 is 21.8 Å². The summed E-state index contributed by atoms with van der Waals surface area (Å²) in [6.07, 6.45) is 3.56. The summed E-state index contributed by atoms with van der Waals surface area (Å²) >= 11 is 0. The van der Waals surface area contributed by atoms with Gasteiger partial charge in [0.15, 0.2) is 9.84 Å². The van der Waals surface area contributed by atoms with Crippen molar-refractivity contribution in [3.63, 3.8) is 0 Å². The molecule has 1 saturated heterocycles. The van der Waals surface area contributed by atoms with Crippen LogP contribution in [0.5, 0.6) is 5.75 Å². The highest BCUT2D eigenvalue weighted by Crippen LogP contribution is 2.19. The Balaban J connectivity index is 1.96. The summed E-state index contributed by atoms with van der Waals surface area (Å²) in [5.74, 6) is 0.604. The van der Waals surface area contributed by atoms with Gasteiger partial charge in [0.1, 0.15) is 5.75 Å². The smallest absolute Gasteiger partial charge is 0.244 e. The Morgan fingerprint density at radius 2 is 2.19 bits per heavy atom. The third kappa shape index (κ3) is 4.60. The van der Waals surface area contributed by atoms with E-state index in [4.69, 9.17) is 4.74 Å². The van der Waals surface area contributed by atoms with E-state index < -0.39 is 9.84 Å². The molecule has 1 fully saturated rings. The molecule has 0 unspecified atom stereocenters. The highest BCUT2D eigenvalue weighted by atomic mass is 32.2. The van der Waals surface area contributed by atoms with Crippen LogP contribution >= 0.6 is 0 Å². The first kappa shape index (κ1) is 15.6. The molecule has 1 amide bonds. The first-order chi connectivity index (χ1) is 10.00. The van der Waals surface area contributed by atoms with Crippen LogP contribution in [-0.2, 0) is 14.6 Å². The normalized spacial score (nSPS) is 20.5. The van der Waals surface area contributed by atoms with E-state index in [1.807, 2.05) is 31.2 Å². The minimum absolute atomic E-state index is 0.0299. The summed E-state index contributed by atoms with van der Waals surface area (Å²) in [5.41, 5.74) is 0.813. The van der Waals surface area contributed by atoms with Crippen molar-refractivity contribution in [3.05, 3.63) is 35.9 Å². The predicted octanol–water partition coefficient (Wildman–Crippen LogP) is 1.40. The molecule has 1 aromatic rings. The summed E-state index contributed by atoms with van der Waals surface area (Å²) < 4.78 is 28.1. The number of amides is 1. The number of carbonyl (C=O) groups excluding carboxylic acids is 1. The van der Waals surface area contributed by atoms with Gasteiger partial charge >= 0.3 is 0 Å². The van der Waals surface area contributed by atoms with Crippen LogP contribution in [0.3, 0.4) is 0 Å². The topological polar surface area (TPSA) is 72.5 Å². The van der Waals surface area contributed by atoms with Crippen LogP contribution in [-0.4, -0.2) is 38.5 Å². The number of carbonyl (C=O) groups is 1. The van der Waals surface area contributed by atoms with E-state index in [2.05, 4.69) is 5.32 Å². The van der Waals surface area contributed by atoms with Crippen molar-refractivity contribution in [2.45, 2.75) is 19.4 Å². The van der Waals surface area contributed by atoms with E-state index >= 15 is 0 Å². The zero-order valence-electron chi connectivity index (χ0n) is 11.9. The maximum atomic E-state index is 11.8. The number of para-hydroxylation sites is 1. The van der Waals surface area contributed by atoms with Gasteiger partial charge in [0.25, 0.3) is 0 Å². The van der Waals surface area contributed by atoms with Crippen LogP contribution < -0.4 is 10.1 Å². The lowest BCUT2D eigenvalue weighted by Crippen LogP contribution is -2.34. The first-order valence-corrected chi connectivity index (χ1v) is 8.73. The van der Waals surface area contributed by atoms with Gasteiger partial charge in [0.05, 0.1) is 18.1 Å². The largest absolute Gasteiger partial charge is 0.493 e. The van der Waals surface area contributed by atoms with Gasteiger partial charge in [-0.1, -0.05) is 18.2 Å². The van der Waals surface area contributed by atoms with Crippen molar-refractivity contribution in [1.29, 1.82) is 0 Å². The third-order valence-corrected chi connectivity index (χ3v) is 4.98. The second kappa shape index (κ2) is 6.76. The summed E-state index contributed by atoms with van der Waals surface area (Å²) in [6.45, 7) is 2.45. The summed E-state index contributed by atoms with van der Waals surface area (Å²) in [5, 5.41) is 2.71. The van der Waals surface area contributed by atoms with Gasteiger partial charge in [-0.3, -0.25) is 4.79 Å². The van der Waals surface area contributed by atoms with Crippen LogP contribution in [0.4, 0.5) is 0 Å². The lowest BCUT2D eigenvalue weighted by molar-refractivity contribution is -0.116. The van der Waals surface area contributed by atoms with Gasteiger partial charge in [-0.2, -0.15) is 0 Å². The number of sulfone groups is 1. The van der Waals surface area contributed by atoms with Crippen molar-refractivity contribution in [3.8, 4) is 5.75 Å². The lowest BCUT2D eigenvalue weighted by atomic mass is 10.2. The number of hydrogen-bond acceptors (Lipinski definition) is 4. The quantitative estimate of drug-likeness (QED) is 0.835. The van der Waals surface area contributed by atoms with Crippen LogP contribution in [0.15, 0.2) is 30.3 Å². The average Bonchev–Trinajstić information content (AvgIpc) is 2.77. The van der Waals surface area contributed by atoms with Gasteiger partial charge in [0.2, 0.25) is 5.91 Å². The van der Waals surface area contributed by atoms with E-state index in [1.54, 1.807) is 6.08 Å². The molecule has 114 valence electrons. The second-order valence-corrected chi connectivity index (χ2v) is 7.14. The summed E-state index contributed by atoms with van der Waals surface area (Å²) in [6, 6.07) is 7.14. The Hall–Kier alpha value is -1.82. The zero-order chi connectivity index (χ0) is 15.3. The molecule has 2 rings (SSSR count). The molecule has 5 nitrogen and oxygen atoms in total. The molecular formula is C15H19NO4S. The van der Waals surface area contributed by atoms with E-state index in [1.165, 1.54) is 6.08 Å². The van der Waals surface area contributed by atoms with Crippen LogP contribution in [0.1, 0.15) is 18.9 Å². The molecule has 1 aliphatic rings. The maximum Gasteiger partial charge on any atom is 0.244 e. The van der Waals surface area contributed by atoms with Crippen molar-refractivity contribution in [2.24, 2.45) is 0 Å². The van der Waals surface area contributed by atoms with Gasteiger partial charge < -0.3 is 10.1 Å². The Bertz CT molecular complexity index is 637. The maximum absolute atomic E-state index is 11.8. The molecule has 1 heterocycles. The second-order valence-electron chi connectivity index (χ2n) is 4.91. The van der Waals surface area contributed by atoms with Crippen LogP contribution in [0.2, 0.25) is 0 Å². The minimum Gasteiger partial charge on any atom is -0.493 e. The predicted molar refractivity (Wildman–Crippen MR) is 81.8 cm³/mol. The number of nitrogens with one attached hydrogen (secondary N) is 1. The van der Waals surface area contributed by atoms with Gasteiger partial charge in [-0.25, -0.2) is 8.42 Å². The molecule has 1 aliphatic heterocycles. The highest BCUT2D eigenvalue weighted by Gasteiger charge is 2.28. The zero-order valence-corrected chi connectivity index (χ0v) is 12.7. The molecule has 21 heavy (non-hydrogen) atoms. The molecule has 1 N–H and O–H groups in total. The first-order valence-electron chi connectivity index (χ1n) is 6.91. The van der Waals surface area contributed by atoms with Gasteiger partial charge in [-0.15, -0.1) is 0 Å². The fraction of sp³-hybridized carbons (Fsp3) is 0.400. The summed E-state index contributed by atoms with van der Waals surface area (Å²) in [4.78, 5) is 11.8. The monoisotopic (exact) mass is 309 g/mol. The molecule has 0 bridgehead atoms. The van der Waals surface area contributed by atoms with Gasteiger partial charge in [-0.05, 0) is 25.5 Å². The van der Waals surface area contributed by atoms with Gasteiger partial charge in [0, 0.05) is 17.7 Å². The molecule has 0 aliphatic carbocycles. The summed E-state index contributed by atoms with van der Waals surface area (Å²) in [7, 11) is -2.98. The Kier molecular flexibility index (Phi) is 5.01. The fourth-order valence-corrected chi connectivity index (χ4v) is 3.90. The number of hydrogen-bond donors (Lipinski definition) is 1. The Morgan fingerprint density at radius 1 is 1.43 bits per heavy atom. The van der Waals surface area contributed by atoms with E-state index in [0.717, 1.165) is 5.56 Å². The van der Waals surface area contributed by atoms with E-state index in [9.17, 15) is 13.2 Å². The molecule has 1 aromatic carbocycles. The molecule has 0 spiro atoms. The molecular weight excluding hydrogens is 290 g/mol. The molecule has 0 radical (unpaired) electrons.